The highest BCUT2D eigenvalue weighted by Gasteiger charge is 1.99. The van der Waals surface area contributed by atoms with Gasteiger partial charge in [-0.05, 0) is 36.2 Å². The maximum absolute atomic E-state index is 10.3. The Kier molecular flexibility index (Phi) is 4.39. The first kappa shape index (κ1) is 13.0. The fraction of sp³-hybridized carbons (Fsp3) is 0.133. The highest BCUT2D eigenvalue weighted by molar-refractivity contribution is 5.64. The molecule has 2 N–H and O–H groups in total. The summed E-state index contributed by atoms with van der Waals surface area (Å²) in [5.74, 6) is 1.56. The summed E-state index contributed by atoms with van der Waals surface area (Å²) >= 11 is 0. The largest absolute Gasteiger partial charge is 0.465 e. The van der Waals surface area contributed by atoms with Gasteiger partial charge in [0.15, 0.2) is 0 Å². The van der Waals surface area contributed by atoms with Crippen LogP contribution in [0.1, 0.15) is 5.56 Å². The summed E-state index contributed by atoms with van der Waals surface area (Å²) in [5, 5.41) is 10.8. The van der Waals surface area contributed by atoms with Crippen LogP contribution in [0.4, 0.5) is 4.79 Å². The Morgan fingerprint density at radius 2 is 1.63 bits per heavy atom. The summed E-state index contributed by atoms with van der Waals surface area (Å²) in [5.41, 5.74) is 1.06. The molecule has 98 valence electrons. The summed E-state index contributed by atoms with van der Waals surface area (Å²) < 4.78 is 5.67. The van der Waals surface area contributed by atoms with Crippen molar-refractivity contribution in [3.63, 3.8) is 0 Å². The number of nitrogens with one attached hydrogen (secondary N) is 1. The highest BCUT2D eigenvalue weighted by Crippen LogP contribution is 2.21. The van der Waals surface area contributed by atoms with E-state index in [1.165, 1.54) is 0 Å². The molecule has 0 saturated heterocycles. The van der Waals surface area contributed by atoms with Gasteiger partial charge < -0.3 is 15.2 Å². The predicted octanol–water partition coefficient (Wildman–Crippen LogP) is 3.29. The topological polar surface area (TPSA) is 58.6 Å². The molecule has 0 bridgehead atoms. The Morgan fingerprint density at radius 3 is 2.26 bits per heavy atom. The van der Waals surface area contributed by atoms with Gasteiger partial charge in [-0.1, -0.05) is 30.3 Å². The Balaban J connectivity index is 1.89. The number of hydrogen-bond acceptors (Lipinski definition) is 2. The van der Waals surface area contributed by atoms with Crippen LogP contribution in [0.5, 0.6) is 11.5 Å². The van der Waals surface area contributed by atoms with Crippen LogP contribution < -0.4 is 10.1 Å². The SMILES string of the molecule is O=C(O)NCCc1ccc(Oc2ccccc2)cc1. The molecule has 2 rings (SSSR count). The molecular weight excluding hydrogens is 242 g/mol. The molecule has 0 unspecified atom stereocenters. The van der Waals surface area contributed by atoms with Gasteiger partial charge in [-0.25, -0.2) is 4.79 Å². The molecule has 0 radical (unpaired) electrons. The lowest BCUT2D eigenvalue weighted by molar-refractivity contribution is 0.194. The van der Waals surface area contributed by atoms with Gasteiger partial charge in [-0.3, -0.25) is 0 Å². The van der Waals surface area contributed by atoms with Gasteiger partial charge in [-0.15, -0.1) is 0 Å². The van der Waals surface area contributed by atoms with E-state index in [0.717, 1.165) is 17.1 Å². The van der Waals surface area contributed by atoms with Crippen LogP contribution in [0.2, 0.25) is 0 Å². The van der Waals surface area contributed by atoms with Crippen molar-refractivity contribution >= 4 is 6.09 Å². The van der Waals surface area contributed by atoms with E-state index in [2.05, 4.69) is 5.32 Å². The minimum atomic E-state index is -0.996. The van der Waals surface area contributed by atoms with E-state index >= 15 is 0 Å². The Bertz CT molecular complexity index is 523. The van der Waals surface area contributed by atoms with Crippen LogP contribution in [-0.4, -0.2) is 17.7 Å². The number of benzene rings is 2. The van der Waals surface area contributed by atoms with Gasteiger partial charge in [0.1, 0.15) is 11.5 Å². The maximum atomic E-state index is 10.3. The molecule has 0 aromatic heterocycles. The van der Waals surface area contributed by atoms with E-state index < -0.39 is 6.09 Å². The third-order valence-corrected chi connectivity index (χ3v) is 2.59. The molecule has 0 atom stereocenters. The van der Waals surface area contributed by atoms with Crippen LogP contribution in [-0.2, 0) is 6.42 Å². The van der Waals surface area contributed by atoms with Crippen molar-refractivity contribution in [2.45, 2.75) is 6.42 Å². The Labute approximate surface area is 111 Å². The van der Waals surface area contributed by atoms with Crippen LogP contribution >= 0.6 is 0 Å². The van der Waals surface area contributed by atoms with Crippen LogP contribution in [0.3, 0.4) is 0 Å². The van der Waals surface area contributed by atoms with E-state index in [0.29, 0.717) is 13.0 Å². The molecule has 0 heterocycles. The van der Waals surface area contributed by atoms with Gasteiger partial charge in [0.2, 0.25) is 0 Å². The van der Waals surface area contributed by atoms with Crippen molar-refractivity contribution in [2.75, 3.05) is 6.54 Å². The summed E-state index contributed by atoms with van der Waals surface area (Å²) in [4.78, 5) is 10.3. The summed E-state index contributed by atoms with van der Waals surface area (Å²) in [6, 6.07) is 17.2. The smallest absolute Gasteiger partial charge is 0.404 e. The molecule has 0 aliphatic heterocycles. The van der Waals surface area contributed by atoms with E-state index in [1.807, 2.05) is 54.6 Å². The van der Waals surface area contributed by atoms with Gasteiger partial charge in [0.05, 0.1) is 0 Å². The van der Waals surface area contributed by atoms with Crippen LogP contribution in [0.15, 0.2) is 54.6 Å². The Morgan fingerprint density at radius 1 is 1.00 bits per heavy atom. The third kappa shape index (κ3) is 4.35. The van der Waals surface area contributed by atoms with Crippen LogP contribution in [0, 0.1) is 0 Å². The van der Waals surface area contributed by atoms with E-state index in [4.69, 9.17) is 9.84 Å². The molecular formula is C15H15NO3. The van der Waals surface area contributed by atoms with Crippen molar-refractivity contribution in [1.29, 1.82) is 0 Å². The number of rotatable bonds is 5. The molecule has 19 heavy (non-hydrogen) atoms. The van der Waals surface area contributed by atoms with Gasteiger partial charge in [-0.2, -0.15) is 0 Å². The number of amides is 1. The zero-order chi connectivity index (χ0) is 13.5. The van der Waals surface area contributed by atoms with Gasteiger partial charge >= 0.3 is 6.09 Å². The number of para-hydroxylation sites is 1. The summed E-state index contributed by atoms with van der Waals surface area (Å²) in [7, 11) is 0. The molecule has 0 saturated carbocycles. The molecule has 2 aromatic rings. The molecule has 2 aromatic carbocycles. The zero-order valence-electron chi connectivity index (χ0n) is 10.4. The van der Waals surface area contributed by atoms with Crippen molar-refractivity contribution in [3.8, 4) is 11.5 Å². The average Bonchev–Trinajstić information content (AvgIpc) is 2.42. The minimum Gasteiger partial charge on any atom is -0.465 e. The molecule has 4 heteroatoms. The molecule has 4 nitrogen and oxygen atoms in total. The summed E-state index contributed by atoms with van der Waals surface area (Å²) in [6.45, 7) is 0.411. The molecule has 1 amide bonds. The number of carboxylic acid groups (broad SMARTS) is 1. The first-order valence-corrected chi connectivity index (χ1v) is 6.03. The summed E-state index contributed by atoms with van der Waals surface area (Å²) in [6.07, 6.45) is -0.332. The second-order valence-corrected chi connectivity index (χ2v) is 4.04. The fourth-order valence-electron chi connectivity index (χ4n) is 1.66. The normalized spacial score (nSPS) is 9.89. The Hall–Kier alpha value is -2.49. The molecule has 0 aliphatic rings. The average molecular weight is 257 g/mol. The first-order chi connectivity index (χ1) is 9.24. The molecule has 0 aliphatic carbocycles. The lowest BCUT2D eigenvalue weighted by Gasteiger charge is -2.06. The fourth-order valence-corrected chi connectivity index (χ4v) is 1.66. The maximum Gasteiger partial charge on any atom is 0.404 e. The minimum absolute atomic E-state index is 0.411. The molecule has 0 fully saturated rings. The monoisotopic (exact) mass is 257 g/mol. The number of carbonyl (C=O) groups is 1. The predicted molar refractivity (Wildman–Crippen MR) is 72.7 cm³/mol. The van der Waals surface area contributed by atoms with Gasteiger partial charge in [0, 0.05) is 6.54 Å². The number of ether oxygens (including phenoxy) is 1. The highest BCUT2D eigenvalue weighted by atomic mass is 16.5. The van der Waals surface area contributed by atoms with E-state index in [1.54, 1.807) is 0 Å². The molecule has 0 spiro atoms. The van der Waals surface area contributed by atoms with Crippen molar-refractivity contribution in [2.24, 2.45) is 0 Å². The lowest BCUT2D eigenvalue weighted by atomic mass is 10.1. The first-order valence-electron chi connectivity index (χ1n) is 6.03. The van der Waals surface area contributed by atoms with Crippen LogP contribution in [0.25, 0.3) is 0 Å². The van der Waals surface area contributed by atoms with E-state index in [-0.39, 0.29) is 0 Å². The second-order valence-electron chi connectivity index (χ2n) is 4.04. The quantitative estimate of drug-likeness (QED) is 0.864. The van der Waals surface area contributed by atoms with Crippen molar-refractivity contribution < 1.29 is 14.6 Å². The standard InChI is InChI=1S/C15H15NO3/c17-15(18)16-11-10-12-6-8-14(9-7-12)19-13-4-2-1-3-5-13/h1-9,16H,10-11H2,(H,17,18). The van der Waals surface area contributed by atoms with Crippen molar-refractivity contribution in [3.05, 3.63) is 60.2 Å². The van der Waals surface area contributed by atoms with Gasteiger partial charge in [0.25, 0.3) is 0 Å². The number of hydrogen-bond donors (Lipinski definition) is 2. The lowest BCUT2D eigenvalue weighted by Crippen LogP contribution is -2.23. The second kappa shape index (κ2) is 6.44. The van der Waals surface area contributed by atoms with E-state index in [9.17, 15) is 4.79 Å². The third-order valence-electron chi connectivity index (χ3n) is 2.59. The zero-order valence-corrected chi connectivity index (χ0v) is 10.4. The van der Waals surface area contributed by atoms with Crippen molar-refractivity contribution in [1.82, 2.24) is 5.32 Å².